The number of ether oxygens (including phenoxy) is 1. The van der Waals surface area contributed by atoms with E-state index in [1.54, 1.807) is 22.8 Å². The van der Waals surface area contributed by atoms with Crippen LogP contribution in [0, 0.1) is 12.3 Å². The van der Waals surface area contributed by atoms with Crippen molar-refractivity contribution in [2.24, 2.45) is 5.41 Å². The molecule has 2 aromatic carbocycles. The van der Waals surface area contributed by atoms with Crippen LogP contribution in [-0.2, 0) is 38.2 Å². The summed E-state index contributed by atoms with van der Waals surface area (Å²) in [5.41, 5.74) is 3.22. The highest BCUT2D eigenvalue weighted by atomic mass is 32.2. The van der Waals surface area contributed by atoms with E-state index in [4.69, 9.17) is 4.74 Å². The Morgan fingerprint density at radius 3 is 2.31 bits per heavy atom. The number of carbonyl (C=O) groups excluding carboxylic acids is 1. The van der Waals surface area contributed by atoms with Crippen LogP contribution in [0.25, 0.3) is 0 Å². The number of aromatic nitrogens is 2. The van der Waals surface area contributed by atoms with Crippen LogP contribution in [0.15, 0.2) is 66.0 Å². The van der Waals surface area contributed by atoms with Crippen molar-refractivity contribution in [3.63, 3.8) is 0 Å². The van der Waals surface area contributed by atoms with Crippen molar-refractivity contribution >= 4 is 15.7 Å². The van der Waals surface area contributed by atoms with Gasteiger partial charge in [0.25, 0.3) is 0 Å². The number of aryl methyl sites for hydroxylation is 1. The van der Waals surface area contributed by atoms with Gasteiger partial charge in [0.1, 0.15) is 0 Å². The molecular formula is C28H37N3O4S. The second-order valence-electron chi connectivity index (χ2n) is 10.4. The lowest BCUT2D eigenvalue weighted by atomic mass is 9.91. The van der Waals surface area contributed by atoms with Crippen molar-refractivity contribution in [1.82, 2.24) is 14.5 Å². The average molecular weight is 512 g/mol. The minimum absolute atomic E-state index is 0.00364. The molecule has 1 amide bonds. The molecule has 36 heavy (non-hydrogen) atoms. The lowest BCUT2D eigenvalue weighted by molar-refractivity contribution is -0.134. The van der Waals surface area contributed by atoms with Gasteiger partial charge >= 0.3 is 0 Å². The van der Waals surface area contributed by atoms with E-state index >= 15 is 0 Å². The Kier molecular flexibility index (Phi) is 9.08. The van der Waals surface area contributed by atoms with E-state index < -0.39 is 9.84 Å². The molecule has 0 atom stereocenters. The van der Waals surface area contributed by atoms with E-state index in [-0.39, 0.29) is 28.8 Å². The number of nitrogens with zero attached hydrogens (tertiary/aromatic N) is 3. The smallest absolute Gasteiger partial charge is 0.228 e. The Morgan fingerprint density at radius 1 is 1.03 bits per heavy atom. The van der Waals surface area contributed by atoms with Crippen molar-refractivity contribution in [3.8, 4) is 0 Å². The predicted molar refractivity (Wildman–Crippen MR) is 141 cm³/mol. The van der Waals surface area contributed by atoms with Crippen LogP contribution >= 0.6 is 0 Å². The maximum absolute atomic E-state index is 13.5. The normalized spacial score (nSPS) is 12.0. The molecule has 0 aliphatic heterocycles. The Morgan fingerprint density at radius 2 is 1.69 bits per heavy atom. The van der Waals surface area contributed by atoms with Gasteiger partial charge in [-0.05, 0) is 23.5 Å². The topological polar surface area (TPSA) is 81.5 Å². The van der Waals surface area contributed by atoms with E-state index in [9.17, 15) is 13.2 Å². The van der Waals surface area contributed by atoms with Gasteiger partial charge in [-0.2, -0.15) is 0 Å². The number of sulfone groups is 1. The van der Waals surface area contributed by atoms with E-state index in [1.165, 1.54) is 0 Å². The minimum atomic E-state index is -3.73. The minimum Gasteiger partial charge on any atom is -0.383 e. The van der Waals surface area contributed by atoms with Crippen molar-refractivity contribution in [2.75, 3.05) is 20.3 Å². The fourth-order valence-electron chi connectivity index (χ4n) is 3.92. The summed E-state index contributed by atoms with van der Waals surface area (Å²) in [7, 11) is -2.14. The van der Waals surface area contributed by atoms with Gasteiger partial charge in [-0.25, -0.2) is 13.4 Å². The summed E-state index contributed by atoms with van der Waals surface area (Å²) in [6.45, 7) is 9.42. The van der Waals surface area contributed by atoms with E-state index in [1.807, 2.05) is 82.3 Å². The number of rotatable bonds is 11. The van der Waals surface area contributed by atoms with Gasteiger partial charge in [0.05, 0.1) is 37.3 Å². The summed E-state index contributed by atoms with van der Waals surface area (Å²) in [6.07, 6.45) is 1.96. The highest BCUT2D eigenvalue weighted by Gasteiger charge is 2.27. The fraction of sp³-hybridized carbons (Fsp3) is 0.429. The van der Waals surface area contributed by atoms with Gasteiger partial charge in [-0.1, -0.05) is 80.9 Å². The maximum Gasteiger partial charge on any atom is 0.228 e. The van der Waals surface area contributed by atoms with Gasteiger partial charge in [-0.3, -0.25) is 4.79 Å². The Labute approximate surface area is 215 Å². The third kappa shape index (κ3) is 7.77. The molecule has 0 unspecified atom stereocenters. The van der Waals surface area contributed by atoms with Crippen LogP contribution in [0.4, 0.5) is 0 Å². The molecule has 0 radical (unpaired) electrons. The van der Waals surface area contributed by atoms with Crippen molar-refractivity contribution < 1.29 is 17.9 Å². The predicted octanol–water partition coefficient (Wildman–Crippen LogP) is 4.62. The Bertz CT molecular complexity index is 1240. The van der Waals surface area contributed by atoms with Gasteiger partial charge in [0.2, 0.25) is 20.9 Å². The first-order valence-electron chi connectivity index (χ1n) is 12.1. The van der Waals surface area contributed by atoms with Crippen molar-refractivity contribution in [3.05, 3.63) is 83.2 Å². The molecular weight excluding hydrogens is 474 g/mol. The quantitative estimate of drug-likeness (QED) is 0.375. The molecule has 3 rings (SSSR count). The Balaban J connectivity index is 1.98. The third-order valence-electron chi connectivity index (χ3n) is 5.79. The third-order valence-corrected chi connectivity index (χ3v) is 7.39. The molecule has 0 saturated heterocycles. The molecule has 194 valence electrons. The molecule has 7 nitrogen and oxygen atoms in total. The van der Waals surface area contributed by atoms with Gasteiger partial charge in [0.15, 0.2) is 0 Å². The number of carbonyl (C=O) groups is 1. The first kappa shape index (κ1) is 27.6. The molecule has 1 aromatic heterocycles. The number of imidazole rings is 1. The summed E-state index contributed by atoms with van der Waals surface area (Å²) >= 11 is 0. The molecule has 0 aliphatic carbocycles. The van der Waals surface area contributed by atoms with Crippen LogP contribution in [0.3, 0.4) is 0 Å². The second-order valence-corrected chi connectivity index (χ2v) is 12.3. The van der Waals surface area contributed by atoms with Crippen LogP contribution in [0.1, 0.15) is 49.6 Å². The highest BCUT2D eigenvalue weighted by Crippen LogP contribution is 2.23. The van der Waals surface area contributed by atoms with Gasteiger partial charge in [-0.15, -0.1) is 0 Å². The molecule has 0 N–H and O–H groups in total. The van der Waals surface area contributed by atoms with E-state index in [0.717, 1.165) is 11.1 Å². The van der Waals surface area contributed by atoms with Crippen molar-refractivity contribution in [1.29, 1.82) is 0 Å². The van der Waals surface area contributed by atoms with Gasteiger partial charge < -0.3 is 14.2 Å². The first-order valence-corrected chi connectivity index (χ1v) is 13.8. The first-order chi connectivity index (χ1) is 17.0. The van der Waals surface area contributed by atoms with Crippen molar-refractivity contribution in [2.45, 2.75) is 58.1 Å². The van der Waals surface area contributed by atoms with Crippen LogP contribution in [0.2, 0.25) is 0 Å². The summed E-state index contributed by atoms with van der Waals surface area (Å²) in [6, 6.07) is 17.1. The molecule has 0 aliphatic rings. The molecule has 0 bridgehead atoms. The summed E-state index contributed by atoms with van der Waals surface area (Å²) in [5, 5.41) is 0.0110. The molecule has 3 aromatic rings. The van der Waals surface area contributed by atoms with Gasteiger partial charge in [0, 0.05) is 20.1 Å². The average Bonchev–Trinajstić information content (AvgIpc) is 3.20. The van der Waals surface area contributed by atoms with E-state index in [2.05, 4.69) is 4.98 Å². The zero-order chi connectivity index (χ0) is 26.3. The summed E-state index contributed by atoms with van der Waals surface area (Å²) < 4.78 is 34.0. The monoisotopic (exact) mass is 511 g/mol. The molecule has 0 saturated carbocycles. The highest BCUT2D eigenvalue weighted by molar-refractivity contribution is 7.90. The second kappa shape index (κ2) is 11.8. The number of amides is 1. The molecule has 8 heteroatoms. The SMILES string of the molecule is COCCN(Cc1cnc(S(=O)(=O)Cc2ccc(C)cc2)n1Cc1ccccc1)C(=O)CC(C)(C)C. The zero-order valence-electron chi connectivity index (χ0n) is 21.9. The standard InChI is InChI=1S/C28H37N3O4S/c1-22-11-13-24(14-12-22)21-36(33,34)27-29-18-25(31(27)19-23-9-7-6-8-10-23)20-30(15-16-35-5)26(32)17-28(2,3)4/h6-14,18H,15-17,19-21H2,1-5H3. The maximum atomic E-state index is 13.5. The van der Waals surface area contributed by atoms with Crippen LogP contribution < -0.4 is 0 Å². The number of methoxy groups -OCH3 is 1. The van der Waals surface area contributed by atoms with E-state index in [0.29, 0.717) is 37.4 Å². The molecule has 0 fully saturated rings. The van der Waals surface area contributed by atoms with Crippen LogP contribution in [0.5, 0.6) is 0 Å². The lowest BCUT2D eigenvalue weighted by Gasteiger charge is -2.27. The summed E-state index contributed by atoms with van der Waals surface area (Å²) in [5.74, 6) is -0.148. The number of hydrogen-bond donors (Lipinski definition) is 0. The Hall–Kier alpha value is -2.97. The fourth-order valence-corrected chi connectivity index (χ4v) is 5.42. The lowest BCUT2D eigenvalue weighted by Crippen LogP contribution is -2.36. The number of benzene rings is 2. The molecule has 1 heterocycles. The summed E-state index contributed by atoms with van der Waals surface area (Å²) in [4.78, 5) is 19.2. The zero-order valence-corrected chi connectivity index (χ0v) is 22.7. The largest absolute Gasteiger partial charge is 0.383 e. The number of hydrogen-bond acceptors (Lipinski definition) is 5. The molecule has 0 spiro atoms. The van der Waals surface area contributed by atoms with Crippen LogP contribution in [-0.4, -0.2) is 49.0 Å².